The van der Waals surface area contributed by atoms with Gasteiger partial charge in [0, 0.05) is 30.6 Å². The van der Waals surface area contributed by atoms with Crippen LogP contribution in [0.1, 0.15) is 30.5 Å². The highest BCUT2D eigenvalue weighted by Gasteiger charge is 2.17. The Morgan fingerprint density at radius 2 is 2.11 bits per heavy atom. The first-order valence-electron chi connectivity index (χ1n) is 6.48. The van der Waals surface area contributed by atoms with Crippen LogP contribution < -0.4 is 10.6 Å². The zero-order valence-electron chi connectivity index (χ0n) is 11.1. The molecule has 0 bridgehead atoms. The SMILES string of the molecule is Cc1cc(N2CCCSCC2)c([C@H](C)N)cc1F. The van der Waals surface area contributed by atoms with Gasteiger partial charge in [-0.05, 0) is 49.3 Å². The van der Waals surface area contributed by atoms with Crippen molar-refractivity contribution in [1.29, 1.82) is 0 Å². The van der Waals surface area contributed by atoms with E-state index in [1.54, 1.807) is 6.07 Å². The Balaban J connectivity index is 2.37. The van der Waals surface area contributed by atoms with Crippen LogP contribution in [0.5, 0.6) is 0 Å². The second kappa shape index (κ2) is 5.93. The lowest BCUT2D eigenvalue weighted by atomic mass is 10.0. The standard InChI is InChI=1S/C14H21FN2S/c1-10-8-14(12(11(2)16)9-13(10)15)17-4-3-6-18-7-5-17/h8-9,11H,3-7,16H2,1-2H3/t11-/m0/s1. The summed E-state index contributed by atoms with van der Waals surface area (Å²) in [6, 6.07) is 3.42. The minimum Gasteiger partial charge on any atom is -0.370 e. The molecule has 1 aromatic carbocycles. The summed E-state index contributed by atoms with van der Waals surface area (Å²) >= 11 is 1.99. The Morgan fingerprint density at radius 1 is 1.33 bits per heavy atom. The van der Waals surface area contributed by atoms with E-state index in [1.165, 1.54) is 12.2 Å². The van der Waals surface area contributed by atoms with Gasteiger partial charge in [0.05, 0.1) is 0 Å². The molecule has 0 aromatic heterocycles. The van der Waals surface area contributed by atoms with E-state index in [4.69, 9.17) is 5.73 Å². The molecule has 4 heteroatoms. The predicted octanol–water partition coefficient (Wildman–Crippen LogP) is 3.10. The van der Waals surface area contributed by atoms with E-state index >= 15 is 0 Å². The molecule has 0 spiro atoms. The van der Waals surface area contributed by atoms with Crippen LogP contribution in [0.2, 0.25) is 0 Å². The van der Waals surface area contributed by atoms with Crippen LogP contribution in [0.15, 0.2) is 12.1 Å². The highest BCUT2D eigenvalue weighted by atomic mass is 32.2. The fourth-order valence-electron chi connectivity index (χ4n) is 2.31. The van der Waals surface area contributed by atoms with Crippen LogP contribution in [0, 0.1) is 12.7 Å². The Hall–Kier alpha value is -0.740. The van der Waals surface area contributed by atoms with Gasteiger partial charge in [-0.15, -0.1) is 0 Å². The lowest BCUT2D eigenvalue weighted by Crippen LogP contribution is -2.28. The third-order valence-corrected chi connectivity index (χ3v) is 4.41. The number of halogens is 1. The van der Waals surface area contributed by atoms with Gasteiger partial charge in [0.2, 0.25) is 0 Å². The average molecular weight is 268 g/mol. The smallest absolute Gasteiger partial charge is 0.126 e. The monoisotopic (exact) mass is 268 g/mol. The summed E-state index contributed by atoms with van der Waals surface area (Å²) in [6.07, 6.45) is 1.18. The van der Waals surface area contributed by atoms with Gasteiger partial charge in [-0.3, -0.25) is 0 Å². The van der Waals surface area contributed by atoms with Crippen molar-refractivity contribution in [2.24, 2.45) is 5.73 Å². The number of nitrogens with zero attached hydrogens (tertiary/aromatic N) is 1. The molecule has 0 unspecified atom stereocenters. The van der Waals surface area contributed by atoms with Crippen LogP contribution in [0.4, 0.5) is 10.1 Å². The fourth-order valence-corrected chi connectivity index (χ4v) is 3.19. The maximum Gasteiger partial charge on any atom is 0.126 e. The minimum absolute atomic E-state index is 0.133. The summed E-state index contributed by atoms with van der Waals surface area (Å²) in [5, 5.41) is 0. The maximum absolute atomic E-state index is 13.7. The maximum atomic E-state index is 13.7. The van der Waals surface area contributed by atoms with Gasteiger partial charge < -0.3 is 10.6 Å². The molecule has 1 aromatic rings. The number of nitrogens with two attached hydrogens (primary N) is 1. The normalized spacial score (nSPS) is 18.6. The van der Waals surface area contributed by atoms with Gasteiger partial charge in [0.15, 0.2) is 0 Å². The highest BCUT2D eigenvalue weighted by Crippen LogP contribution is 2.29. The zero-order valence-corrected chi connectivity index (χ0v) is 11.9. The number of hydrogen-bond acceptors (Lipinski definition) is 3. The Kier molecular flexibility index (Phi) is 4.51. The van der Waals surface area contributed by atoms with Crippen molar-refractivity contribution in [3.8, 4) is 0 Å². The van der Waals surface area contributed by atoms with Crippen LogP contribution in [0.3, 0.4) is 0 Å². The first kappa shape index (κ1) is 13.7. The molecule has 1 aliphatic rings. The quantitative estimate of drug-likeness (QED) is 0.893. The molecule has 1 fully saturated rings. The zero-order chi connectivity index (χ0) is 13.1. The van der Waals surface area contributed by atoms with Gasteiger partial charge in [0.1, 0.15) is 5.82 Å². The van der Waals surface area contributed by atoms with E-state index < -0.39 is 0 Å². The molecular weight excluding hydrogens is 247 g/mol. The van der Waals surface area contributed by atoms with Gasteiger partial charge in [-0.25, -0.2) is 4.39 Å². The van der Waals surface area contributed by atoms with Gasteiger partial charge >= 0.3 is 0 Å². The summed E-state index contributed by atoms with van der Waals surface area (Å²) < 4.78 is 13.7. The van der Waals surface area contributed by atoms with Crippen molar-refractivity contribution >= 4 is 17.4 Å². The van der Waals surface area contributed by atoms with Crippen LogP contribution >= 0.6 is 11.8 Å². The van der Waals surface area contributed by atoms with E-state index in [0.717, 1.165) is 30.1 Å². The number of anilines is 1. The predicted molar refractivity (Wildman–Crippen MR) is 77.9 cm³/mol. The van der Waals surface area contributed by atoms with E-state index in [-0.39, 0.29) is 11.9 Å². The van der Waals surface area contributed by atoms with Crippen LogP contribution in [0.25, 0.3) is 0 Å². The summed E-state index contributed by atoms with van der Waals surface area (Å²) in [6.45, 7) is 5.80. The van der Waals surface area contributed by atoms with Crippen molar-refractivity contribution < 1.29 is 4.39 Å². The molecule has 0 saturated carbocycles. The number of rotatable bonds is 2. The van der Waals surface area contributed by atoms with Crippen LogP contribution in [-0.2, 0) is 0 Å². The number of hydrogen-bond donors (Lipinski definition) is 1. The third kappa shape index (κ3) is 2.98. The van der Waals surface area contributed by atoms with Crippen molar-refractivity contribution in [2.45, 2.75) is 26.3 Å². The molecule has 0 amide bonds. The molecule has 18 heavy (non-hydrogen) atoms. The summed E-state index contributed by atoms with van der Waals surface area (Å²) in [4.78, 5) is 2.35. The second-order valence-electron chi connectivity index (χ2n) is 4.90. The molecule has 0 radical (unpaired) electrons. The topological polar surface area (TPSA) is 29.3 Å². The van der Waals surface area contributed by atoms with E-state index in [0.29, 0.717) is 5.56 Å². The number of thioether (sulfide) groups is 1. The summed E-state index contributed by atoms with van der Waals surface area (Å²) in [5.41, 5.74) is 8.72. The highest BCUT2D eigenvalue weighted by molar-refractivity contribution is 7.99. The van der Waals surface area contributed by atoms with Gasteiger partial charge in [0.25, 0.3) is 0 Å². The Morgan fingerprint density at radius 3 is 2.83 bits per heavy atom. The van der Waals surface area contributed by atoms with E-state index in [1.807, 2.05) is 31.7 Å². The fraction of sp³-hybridized carbons (Fsp3) is 0.571. The number of aryl methyl sites for hydroxylation is 1. The van der Waals surface area contributed by atoms with E-state index in [2.05, 4.69) is 4.90 Å². The molecular formula is C14H21FN2S. The van der Waals surface area contributed by atoms with Gasteiger partial charge in [-0.1, -0.05) is 0 Å². The van der Waals surface area contributed by atoms with Crippen molar-refractivity contribution in [1.82, 2.24) is 0 Å². The van der Waals surface area contributed by atoms with Crippen molar-refractivity contribution in [2.75, 3.05) is 29.5 Å². The lowest BCUT2D eigenvalue weighted by molar-refractivity contribution is 0.612. The molecule has 2 rings (SSSR count). The molecule has 100 valence electrons. The molecule has 1 saturated heterocycles. The van der Waals surface area contributed by atoms with Crippen molar-refractivity contribution in [3.63, 3.8) is 0 Å². The molecule has 1 aliphatic heterocycles. The third-order valence-electron chi connectivity index (χ3n) is 3.36. The molecule has 1 heterocycles. The average Bonchev–Trinajstić information content (AvgIpc) is 2.60. The molecule has 2 N–H and O–H groups in total. The second-order valence-corrected chi connectivity index (χ2v) is 6.13. The first-order valence-corrected chi connectivity index (χ1v) is 7.63. The summed E-state index contributed by atoms with van der Waals surface area (Å²) in [5.74, 6) is 2.19. The summed E-state index contributed by atoms with van der Waals surface area (Å²) in [7, 11) is 0. The lowest BCUT2D eigenvalue weighted by Gasteiger charge is -2.27. The number of benzene rings is 1. The molecule has 2 nitrogen and oxygen atoms in total. The Labute approximate surface area is 113 Å². The van der Waals surface area contributed by atoms with Gasteiger partial charge in [-0.2, -0.15) is 11.8 Å². The minimum atomic E-state index is -0.157. The van der Waals surface area contributed by atoms with Crippen LogP contribution in [-0.4, -0.2) is 24.6 Å². The molecule has 1 atom stereocenters. The van der Waals surface area contributed by atoms with E-state index in [9.17, 15) is 4.39 Å². The first-order chi connectivity index (χ1) is 8.59. The molecule has 0 aliphatic carbocycles. The Bertz CT molecular complexity index is 413. The van der Waals surface area contributed by atoms with Crippen molar-refractivity contribution in [3.05, 3.63) is 29.1 Å². The largest absolute Gasteiger partial charge is 0.370 e.